The molecule has 0 saturated carbocycles. The molecular formula is C17H19N3O5S. The molecule has 0 radical (unpaired) electrons. The summed E-state index contributed by atoms with van der Waals surface area (Å²) in [6.07, 6.45) is 0. The van der Waals surface area contributed by atoms with Crippen LogP contribution in [0.3, 0.4) is 0 Å². The maximum absolute atomic E-state index is 12.7. The van der Waals surface area contributed by atoms with Gasteiger partial charge in [-0.25, -0.2) is 8.42 Å². The largest absolute Gasteiger partial charge is 0.496 e. The fourth-order valence-electron chi connectivity index (χ4n) is 2.28. The Labute approximate surface area is 151 Å². The normalized spacial score (nSPS) is 10.8. The first kappa shape index (κ1) is 19.3. The summed E-state index contributed by atoms with van der Waals surface area (Å²) in [5, 5.41) is 2.59. The van der Waals surface area contributed by atoms with Crippen molar-refractivity contribution in [3.63, 3.8) is 0 Å². The summed E-state index contributed by atoms with van der Waals surface area (Å²) in [5.41, 5.74) is 5.43. The third-order valence-electron chi connectivity index (χ3n) is 3.50. The molecule has 4 N–H and O–H groups in total. The van der Waals surface area contributed by atoms with Crippen LogP contribution in [0.15, 0.2) is 47.4 Å². The van der Waals surface area contributed by atoms with Crippen LogP contribution in [0.25, 0.3) is 0 Å². The van der Waals surface area contributed by atoms with Crippen LogP contribution in [0.5, 0.6) is 5.75 Å². The number of primary amides is 1. The number of nitrogens with two attached hydrogens (primary N) is 1. The van der Waals surface area contributed by atoms with Crippen LogP contribution in [0.4, 0.5) is 5.69 Å². The second-order valence-corrected chi connectivity index (χ2v) is 6.92. The van der Waals surface area contributed by atoms with Crippen LogP contribution in [0.2, 0.25) is 0 Å². The molecule has 2 amide bonds. The van der Waals surface area contributed by atoms with Crippen molar-refractivity contribution < 1.29 is 22.7 Å². The number of methoxy groups -OCH3 is 1. The van der Waals surface area contributed by atoms with E-state index in [9.17, 15) is 18.0 Å². The Bertz CT molecular complexity index is 941. The zero-order valence-electron chi connectivity index (χ0n) is 14.3. The third kappa shape index (κ3) is 4.12. The molecule has 0 aliphatic heterocycles. The van der Waals surface area contributed by atoms with Gasteiger partial charge in [-0.1, -0.05) is 12.1 Å². The predicted molar refractivity (Wildman–Crippen MR) is 96.8 cm³/mol. The van der Waals surface area contributed by atoms with Crippen molar-refractivity contribution in [2.24, 2.45) is 5.73 Å². The molecule has 0 fully saturated rings. The number of benzene rings is 2. The lowest BCUT2D eigenvalue weighted by molar-refractivity contribution is 0.0951. The van der Waals surface area contributed by atoms with Crippen LogP contribution in [-0.4, -0.2) is 33.9 Å². The molecule has 0 bridgehead atoms. The molecule has 0 atom stereocenters. The maximum Gasteiger partial charge on any atom is 0.261 e. The fraction of sp³-hybridized carbons (Fsp3) is 0.176. The van der Waals surface area contributed by atoms with Crippen molar-refractivity contribution in [2.45, 2.75) is 11.8 Å². The second kappa shape index (κ2) is 7.87. The lowest BCUT2D eigenvalue weighted by atomic mass is 10.2. The van der Waals surface area contributed by atoms with E-state index in [1.54, 1.807) is 19.1 Å². The first-order valence-corrected chi connectivity index (χ1v) is 9.16. The maximum atomic E-state index is 12.7. The topological polar surface area (TPSA) is 128 Å². The first-order chi connectivity index (χ1) is 12.3. The summed E-state index contributed by atoms with van der Waals surface area (Å²) >= 11 is 0. The summed E-state index contributed by atoms with van der Waals surface area (Å²) < 4.78 is 32.8. The average molecular weight is 377 g/mol. The molecule has 0 aliphatic rings. The van der Waals surface area contributed by atoms with Gasteiger partial charge < -0.3 is 15.8 Å². The minimum Gasteiger partial charge on any atom is -0.496 e. The van der Waals surface area contributed by atoms with Gasteiger partial charge in [-0.15, -0.1) is 0 Å². The molecule has 0 unspecified atom stereocenters. The number of rotatable bonds is 7. The minimum atomic E-state index is -4.06. The highest BCUT2D eigenvalue weighted by Gasteiger charge is 2.21. The lowest BCUT2D eigenvalue weighted by Crippen LogP contribution is -2.24. The van der Waals surface area contributed by atoms with E-state index in [1.165, 1.54) is 37.4 Å². The monoisotopic (exact) mass is 377 g/mol. The van der Waals surface area contributed by atoms with Gasteiger partial charge in [0.15, 0.2) is 0 Å². The van der Waals surface area contributed by atoms with Gasteiger partial charge in [0.05, 0.1) is 28.8 Å². The van der Waals surface area contributed by atoms with E-state index in [0.717, 1.165) is 0 Å². The number of sulfonamides is 1. The predicted octanol–water partition coefficient (Wildman–Crippen LogP) is 1.34. The Morgan fingerprint density at radius 1 is 1.12 bits per heavy atom. The van der Waals surface area contributed by atoms with E-state index in [1.807, 2.05) is 0 Å². The molecule has 9 heteroatoms. The number of anilines is 1. The van der Waals surface area contributed by atoms with Gasteiger partial charge in [0.1, 0.15) is 5.75 Å². The van der Waals surface area contributed by atoms with Gasteiger partial charge in [0.2, 0.25) is 0 Å². The standard InChI is InChI=1S/C17H19N3O5S/c1-3-19-17(22)13-10-11(8-9-15(13)25-2)26(23,24)20-14-7-5-4-6-12(14)16(18)21/h4-10,20H,3H2,1-2H3,(H2,18,21)(H,19,22). The van der Waals surface area contributed by atoms with Crippen molar-refractivity contribution in [1.29, 1.82) is 0 Å². The van der Waals surface area contributed by atoms with E-state index in [2.05, 4.69) is 10.0 Å². The van der Waals surface area contributed by atoms with Crippen LogP contribution < -0.4 is 20.5 Å². The highest BCUT2D eigenvalue weighted by molar-refractivity contribution is 7.92. The number of carbonyl (C=O) groups is 2. The summed E-state index contributed by atoms with van der Waals surface area (Å²) in [6.45, 7) is 2.12. The Hall–Kier alpha value is -3.07. The van der Waals surface area contributed by atoms with E-state index in [0.29, 0.717) is 6.54 Å². The quantitative estimate of drug-likeness (QED) is 0.671. The molecule has 138 valence electrons. The summed E-state index contributed by atoms with van der Waals surface area (Å²) in [4.78, 5) is 23.4. The smallest absolute Gasteiger partial charge is 0.261 e. The summed E-state index contributed by atoms with van der Waals surface area (Å²) in [6, 6.07) is 9.87. The molecule has 2 aromatic carbocycles. The number of hydrogen-bond donors (Lipinski definition) is 3. The van der Waals surface area contributed by atoms with Crippen molar-refractivity contribution in [3.05, 3.63) is 53.6 Å². The van der Waals surface area contributed by atoms with Gasteiger partial charge in [-0.05, 0) is 37.3 Å². The lowest BCUT2D eigenvalue weighted by Gasteiger charge is -2.13. The van der Waals surface area contributed by atoms with Gasteiger partial charge in [0.25, 0.3) is 21.8 Å². The highest BCUT2D eigenvalue weighted by atomic mass is 32.2. The minimum absolute atomic E-state index is 0.0357. The van der Waals surface area contributed by atoms with Crippen LogP contribution in [0.1, 0.15) is 27.6 Å². The van der Waals surface area contributed by atoms with Crippen molar-refractivity contribution in [1.82, 2.24) is 5.32 Å². The first-order valence-electron chi connectivity index (χ1n) is 7.68. The molecule has 2 rings (SSSR count). The summed E-state index contributed by atoms with van der Waals surface area (Å²) in [5.74, 6) is -0.979. The Morgan fingerprint density at radius 3 is 2.42 bits per heavy atom. The zero-order valence-corrected chi connectivity index (χ0v) is 15.1. The van der Waals surface area contributed by atoms with Crippen LogP contribution >= 0.6 is 0 Å². The van der Waals surface area contributed by atoms with E-state index >= 15 is 0 Å². The Balaban J connectivity index is 2.45. The molecule has 0 heterocycles. The van der Waals surface area contributed by atoms with Crippen molar-refractivity contribution in [2.75, 3.05) is 18.4 Å². The number of carbonyl (C=O) groups excluding carboxylic acids is 2. The number of nitrogens with one attached hydrogen (secondary N) is 2. The summed E-state index contributed by atoms with van der Waals surface area (Å²) in [7, 11) is -2.68. The number of para-hydroxylation sites is 1. The van der Waals surface area contributed by atoms with E-state index in [-0.39, 0.29) is 27.5 Å². The van der Waals surface area contributed by atoms with E-state index < -0.39 is 21.8 Å². The number of ether oxygens (including phenoxy) is 1. The average Bonchev–Trinajstić information content (AvgIpc) is 2.61. The van der Waals surface area contributed by atoms with Crippen LogP contribution in [0, 0.1) is 0 Å². The Kier molecular flexibility index (Phi) is 5.83. The molecular weight excluding hydrogens is 358 g/mol. The van der Waals surface area contributed by atoms with Crippen molar-refractivity contribution >= 4 is 27.5 Å². The van der Waals surface area contributed by atoms with Crippen LogP contribution in [-0.2, 0) is 10.0 Å². The van der Waals surface area contributed by atoms with Crippen molar-refractivity contribution in [3.8, 4) is 5.75 Å². The zero-order chi connectivity index (χ0) is 19.3. The van der Waals surface area contributed by atoms with Gasteiger partial charge in [-0.2, -0.15) is 0 Å². The van der Waals surface area contributed by atoms with E-state index in [4.69, 9.17) is 10.5 Å². The number of amides is 2. The van der Waals surface area contributed by atoms with Gasteiger partial charge in [0, 0.05) is 6.54 Å². The SMILES string of the molecule is CCNC(=O)c1cc(S(=O)(=O)Nc2ccccc2C(N)=O)ccc1OC. The fourth-order valence-corrected chi connectivity index (χ4v) is 3.38. The van der Waals surface area contributed by atoms with Gasteiger partial charge >= 0.3 is 0 Å². The molecule has 0 aromatic heterocycles. The molecule has 0 saturated heterocycles. The highest BCUT2D eigenvalue weighted by Crippen LogP contribution is 2.25. The molecule has 26 heavy (non-hydrogen) atoms. The molecule has 0 spiro atoms. The second-order valence-electron chi connectivity index (χ2n) is 5.24. The van der Waals surface area contributed by atoms with Gasteiger partial charge in [-0.3, -0.25) is 14.3 Å². The molecule has 0 aliphatic carbocycles. The molecule has 2 aromatic rings. The Morgan fingerprint density at radius 2 is 1.81 bits per heavy atom. The molecule has 8 nitrogen and oxygen atoms in total. The third-order valence-corrected chi connectivity index (χ3v) is 4.86. The number of hydrogen-bond acceptors (Lipinski definition) is 5.